The van der Waals surface area contributed by atoms with Gasteiger partial charge >= 0.3 is 0 Å². The van der Waals surface area contributed by atoms with Crippen LogP contribution in [-0.4, -0.2) is 25.2 Å². The fraction of sp³-hybridized carbons (Fsp3) is 0.938. The number of hydrogen-bond donors (Lipinski definition) is 0. The van der Waals surface area contributed by atoms with E-state index >= 15 is 0 Å². The third-order valence-corrected chi connectivity index (χ3v) is 5.43. The number of sulfone groups is 1. The molecule has 0 N–H and O–H groups in total. The Kier molecular flexibility index (Phi) is 13.5. The van der Waals surface area contributed by atoms with Gasteiger partial charge in [0.05, 0.1) is 11.0 Å². The van der Waals surface area contributed by atoms with Crippen LogP contribution in [0.15, 0.2) is 0 Å². The second-order valence-corrected chi connectivity index (χ2v) is 8.47. The molecule has 0 aliphatic carbocycles. The van der Waals surface area contributed by atoms with Crippen LogP contribution in [0.25, 0.3) is 0 Å². The first-order chi connectivity index (χ1) is 9.21. The van der Waals surface area contributed by atoms with Crippen LogP contribution in [-0.2, 0) is 14.6 Å². The maximum atomic E-state index is 11.7. The summed E-state index contributed by atoms with van der Waals surface area (Å²) in [5, 5.41) is -0.319. The molecule has 20 heavy (non-hydrogen) atoms. The van der Waals surface area contributed by atoms with Gasteiger partial charge in [0.15, 0.2) is 9.84 Å². The number of unbranched alkanes of at least 4 members (excludes halogenated alkanes) is 1. The third kappa shape index (κ3) is 12.6. The van der Waals surface area contributed by atoms with E-state index in [9.17, 15) is 13.2 Å². The number of ketones is 1. The number of carbonyl (C=O) groups is 1. The standard InChI is InChI=1S/C13H26O3S.C3H8/c1-5-6-7-13(14)9-8-12(4)10-17(15,16)11(2)3;1-3-2/h11-12H,5-10H2,1-4H3;3H2,1-2H3/t12-;/m0./s1. The molecular weight excluding hydrogens is 272 g/mol. The zero-order valence-corrected chi connectivity index (χ0v) is 15.1. The van der Waals surface area contributed by atoms with Gasteiger partial charge < -0.3 is 0 Å². The molecule has 0 unspecified atom stereocenters. The number of Topliss-reactive ketones (excluding diaryl/α,β-unsaturated/α-hetero) is 1. The van der Waals surface area contributed by atoms with Crippen molar-refractivity contribution in [2.24, 2.45) is 5.92 Å². The van der Waals surface area contributed by atoms with Gasteiger partial charge in [0.1, 0.15) is 5.78 Å². The predicted octanol–water partition coefficient (Wildman–Crippen LogP) is 4.40. The lowest BCUT2D eigenvalue weighted by molar-refractivity contribution is -0.119. The summed E-state index contributed by atoms with van der Waals surface area (Å²) in [6.45, 7) is 11.6. The maximum absolute atomic E-state index is 11.7. The molecule has 0 saturated carbocycles. The summed E-state index contributed by atoms with van der Waals surface area (Å²) in [6, 6.07) is 0. The number of rotatable bonds is 9. The molecule has 0 aliphatic heterocycles. The number of hydrogen-bond acceptors (Lipinski definition) is 3. The van der Waals surface area contributed by atoms with Crippen molar-refractivity contribution < 1.29 is 13.2 Å². The van der Waals surface area contributed by atoms with Gasteiger partial charge in [0, 0.05) is 12.8 Å². The van der Waals surface area contributed by atoms with Crippen LogP contribution in [0.5, 0.6) is 0 Å². The second-order valence-electron chi connectivity index (χ2n) is 5.87. The van der Waals surface area contributed by atoms with E-state index in [0.29, 0.717) is 19.3 Å². The lowest BCUT2D eigenvalue weighted by Gasteiger charge is -2.13. The molecule has 0 aromatic rings. The normalized spacial score (nSPS) is 12.8. The van der Waals surface area contributed by atoms with E-state index in [0.717, 1.165) is 12.8 Å². The van der Waals surface area contributed by atoms with E-state index < -0.39 is 9.84 Å². The SMILES string of the molecule is CCC.CCCCC(=O)CC[C@H](C)CS(=O)(=O)C(C)C. The summed E-state index contributed by atoms with van der Waals surface area (Å²) >= 11 is 0. The highest BCUT2D eigenvalue weighted by molar-refractivity contribution is 7.91. The summed E-state index contributed by atoms with van der Waals surface area (Å²) in [4.78, 5) is 11.5. The first-order valence-corrected chi connectivity index (χ1v) is 9.65. The Labute approximate surface area is 126 Å². The summed E-state index contributed by atoms with van der Waals surface area (Å²) in [7, 11) is -2.97. The van der Waals surface area contributed by atoms with E-state index in [1.165, 1.54) is 6.42 Å². The molecule has 3 nitrogen and oxygen atoms in total. The first-order valence-electron chi connectivity index (χ1n) is 7.94. The number of carbonyl (C=O) groups excluding carboxylic acids is 1. The first kappa shape index (κ1) is 21.9. The Hall–Kier alpha value is -0.380. The van der Waals surface area contributed by atoms with Crippen LogP contribution in [0, 0.1) is 5.92 Å². The Balaban J connectivity index is 0. The summed E-state index contributed by atoms with van der Waals surface area (Å²) < 4.78 is 23.3. The van der Waals surface area contributed by atoms with Gasteiger partial charge in [-0.3, -0.25) is 4.79 Å². The third-order valence-electron chi connectivity index (χ3n) is 2.96. The molecule has 4 heteroatoms. The van der Waals surface area contributed by atoms with Crippen molar-refractivity contribution in [3.8, 4) is 0 Å². The molecule has 0 aromatic heterocycles. The molecule has 0 spiro atoms. The fourth-order valence-corrected chi connectivity index (χ4v) is 2.92. The molecule has 0 radical (unpaired) electrons. The van der Waals surface area contributed by atoms with Crippen molar-refractivity contribution in [3.05, 3.63) is 0 Å². The van der Waals surface area contributed by atoms with Crippen LogP contribution >= 0.6 is 0 Å². The van der Waals surface area contributed by atoms with Crippen molar-refractivity contribution in [2.75, 3.05) is 5.75 Å². The Morgan fingerprint density at radius 2 is 1.50 bits per heavy atom. The minimum Gasteiger partial charge on any atom is -0.300 e. The predicted molar refractivity (Wildman–Crippen MR) is 87.8 cm³/mol. The van der Waals surface area contributed by atoms with E-state index in [2.05, 4.69) is 20.8 Å². The van der Waals surface area contributed by atoms with Crippen molar-refractivity contribution in [3.63, 3.8) is 0 Å². The molecule has 122 valence electrons. The Morgan fingerprint density at radius 1 is 1.00 bits per heavy atom. The fourth-order valence-electron chi connectivity index (χ4n) is 1.58. The van der Waals surface area contributed by atoms with Gasteiger partial charge in [0.25, 0.3) is 0 Å². The molecule has 0 saturated heterocycles. The summed E-state index contributed by atoms with van der Waals surface area (Å²) in [5.74, 6) is 0.541. The van der Waals surface area contributed by atoms with Crippen molar-refractivity contribution in [1.82, 2.24) is 0 Å². The average molecular weight is 307 g/mol. The van der Waals surface area contributed by atoms with Gasteiger partial charge in [-0.15, -0.1) is 0 Å². The maximum Gasteiger partial charge on any atom is 0.152 e. The smallest absolute Gasteiger partial charge is 0.152 e. The van der Waals surface area contributed by atoms with Gasteiger partial charge in [-0.1, -0.05) is 40.5 Å². The van der Waals surface area contributed by atoms with Crippen molar-refractivity contribution in [1.29, 1.82) is 0 Å². The zero-order valence-electron chi connectivity index (χ0n) is 14.2. The van der Waals surface area contributed by atoms with Crippen molar-refractivity contribution in [2.45, 2.75) is 85.3 Å². The summed E-state index contributed by atoms with van der Waals surface area (Å²) in [5.41, 5.74) is 0. The lowest BCUT2D eigenvalue weighted by Crippen LogP contribution is -2.22. The topological polar surface area (TPSA) is 51.2 Å². The van der Waals surface area contributed by atoms with Gasteiger partial charge in [-0.25, -0.2) is 8.42 Å². The minimum atomic E-state index is -2.97. The lowest BCUT2D eigenvalue weighted by atomic mass is 10.0. The molecule has 0 bridgehead atoms. The summed E-state index contributed by atoms with van der Waals surface area (Å²) in [6.07, 6.45) is 5.07. The Bertz CT molecular complexity index is 332. The van der Waals surface area contributed by atoms with E-state index in [1.54, 1.807) is 13.8 Å². The van der Waals surface area contributed by atoms with Gasteiger partial charge in [-0.2, -0.15) is 0 Å². The highest BCUT2D eigenvalue weighted by Gasteiger charge is 2.20. The zero-order chi connectivity index (χ0) is 16.2. The molecule has 0 aliphatic rings. The molecule has 0 aromatic carbocycles. The highest BCUT2D eigenvalue weighted by Crippen LogP contribution is 2.14. The molecule has 0 amide bonds. The highest BCUT2D eigenvalue weighted by atomic mass is 32.2. The van der Waals surface area contributed by atoms with Crippen LogP contribution in [0.3, 0.4) is 0 Å². The minimum absolute atomic E-state index is 0.0768. The molecule has 0 rings (SSSR count). The van der Waals surface area contributed by atoms with E-state index in [4.69, 9.17) is 0 Å². The molecule has 0 fully saturated rings. The van der Waals surface area contributed by atoms with Crippen LogP contribution in [0.1, 0.15) is 80.1 Å². The van der Waals surface area contributed by atoms with E-state index in [-0.39, 0.29) is 22.7 Å². The van der Waals surface area contributed by atoms with Crippen LogP contribution in [0.4, 0.5) is 0 Å². The van der Waals surface area contributed by atoms with E-state index in [1.807, 2.05) is 6.92 Å². The monoisotopic (exact) mass is 306 g/mol. The van der Waals surface area contributed by atoms with Crippen molar-refractivity contribution >= 4 is 15.6 Å². The average Bonchev–Trinajstić information content (AvgIpc) is 2.34. The van der Waals surface area contributed by atoms with Crippen LogP contribution < -0.4 is 0 Å². The quantitative estimate of drug-likeness (QED) is 0.634. The van der Waals surface area contributed by atoms with Gasteiger partial charge in [-0.05, 0) is 32.6 Å². The molecule has 0 heterocycles. The molecule has 1 atom stereocenters. The molecular formula is C16H34O3S. The second kappa shape index (κ2) is 12.4. The Morgan fingerprint density at radius 3 is 1.90 bits per heavy atom. The van der Waals surface area contributed by atoms with Gasteiger partial charge in [0.2, 0.25) is 0 Å². The largest absolute Gasteiger partial charge is 0.300 e. The van der Waals surface area contributed by atoms with Crippen LogP contribution in [0.2, 0.25) is 0 Å².